The predicted molar refractivity (Wildman–Crippen MR) is 72.8 cm³/mol. The Hall–Kier alpha value is -2.49. The summed E-state index contributed by atoms with van der Waals surface area (Å²) in [6.45, 7) is 1.64. The van der Waals surface area contributed by atoms with Gasteiger partial charge in [0.05, 0.1) is 11.9 Å². The molecule has 0 atom stereocenters. The van der Waals surface area contributed by atoms with E-state index in [0.717, 1.165) is 23.7 Å². The molecule has 0 aliphatic heterocycles. The molecule has 10 heteroatoms. The van der Waals surface area contributed by atoms with Gasteiger partial charge in [-0.1, -0.05) is 4.49 Å². The zero-order valence-corrected chi connectivity index (χ0v) is 11.9. The van der Waals surface area contributed by atoms with Gasteiger partial charge in [-0.15, -0.1) is 18.3 Å². The Morgan fingerprint density at radius 2 is 2.05 bits per heavy atom. The summed E-state index contributed by atoms with van der Waals surface area (Å²) in [4.78, 5) is 12.0. The molecule has 0 aliphatic rings. The lowest BCUT2D eigenvalue weighted by atomic mass is 10.2. The molecule has 0 bridgehead atoms. The number of nitrogens with one attached hydrogen (secondary N) is 1. The lowest BCUT2D eigenvalue weighted by molar-refractivity contribution is -0.274. The number of rotatable bonds is 4. The average Bonchev–Trinajstić information content (AvgIpc) is 2.85. The Kier molecular flexibility index (Phi) is 4.71. The molecule has 0 unspecified atom stereocenters. The summed E-state index contributed by atoms with van der Waals surface area (Å²) in [7, 11) is 0. The van der Waals surface area contributed by atoms with Crippen LogP contribution in [-0.2, 0) is 0 Å². The van der Waals surface area contributed by atoms with Crippen molar-refractivity contribution in [1.29, 1.82) is 0 Å². The number of hydrogen-bond acceptors (Lipinski definition) is 6. The molecule has 2 rings (SSSR count). The smallest absolute Gasteiger partial charge is 0.406 e. The molecule has 0 saturated heterocycles. The second kappa shape index (κ2) is 6.52. The molecule has 1 amide bonds. The van der Waals surface area contributed by atoms with Crippen LogP contribution in [0, 0.1) is 6.92 Å². The number of nitrogens with zero attached hydrogens (tertiary/aromatic N) is 3. The number of amides is 1. The molecule has 116 valence electrons. The quantitative estimate of drug-likeness (QED) is 0.690. The number of hydrogen-bond donors (Lipinski definition) is 1. The fraction of sp³-hybridized carbons (Fsp3) is 0.167. The van der Waals surface area contributed by atoms with Gasteiger partial charge in [-0.3, -0.25) is 4.79 Å². The van der Waals surface area contributed by atoms with Crippen molar-refractivity contribution in [3.63, 3.8) is 0 Å². The third-order valence-corrected chi connectivity index (χ3v) is 3.18. The SMILES string of the molecule is Cc1nnsc1C(=O)NN=Cc1ccc(OC(F)(F)F)cc1. The minimum Gasteiger partial charge on any atom is -0.406 e. The van der Waals surface area contributed by atoms with E-state index in [0.29, 0.717) is 16.1 Å². The van der Waals surface area contributed by atoms with E-state index < -0.39 is 12.3 Å². The van der Waals surface area contributed by atoms with E-state index >= 15 is 0 Å². The number of alkyl halides is 3. The largest absolute Gasteiger partial charge is 0.573 e. The zero-order valence-electron chi connectivity index (χ0n) is 11.1. The number of ether oxygens (including phenoxy) is 1. The van der Waals surface area contributed by atoms with Crippen molar-refractivity contribution in [2.24, 2.45) is 5.10 Å². The van der Waals surface area contributed by atoms with E-state index in [9.17, 15) is 18.0 Å². The van der Waals surface area contributed by atoms with Gasteiger partial charge < -0.3 is 4.74 Å². The second-order valence-corrected chi connectivity index (χ2v) is 4.76. The highest BCUT2D eigenvalue weighted by molar-refractivity contribution is 7.07. The Labute approximate surface area is 126 Å². The Morgan fingerprint density at radius 3 is 2.59 bits per heavy atom. The highest BCUT2D eigenvalue weighted by Crippen LogP contribution is 2.22. The number of halogens is 3. The van der Waals surface area contributed by atoms with Gasteiger partial charge in [0.25, 0.3) is 5.91 Å². The maximum atomic E-state index is 12.0. The molecular formula is C12H9F3N4O2S. The minimum atomic E-state index is -4.73. The summed E-state index contributed by atoms with van der Waals surface area (Å²) in [5.41, 5.74) is 3.26. The molecule has 1 aromatic carbocycles. The van der Waals surface area contributed by atoms with Crippen molar-refractivity contribution >= 4 is 23.7 Å². The van der Waals surface area contributed by atoms with Gasteiger partial charge in [0.15, 0.2) is 0 Å². The van der Waals surface area contributed by atoms with Gasteiger partial charge in [0.1, 0.15) is 10.6 Å². The Balaban J connectivity index is 1.93. The maximum Gasteiger partial charge on any atom is 0.573 e. The summed E-state index contributed by atoms with van der Waals surface area (Å²) in [5, 5.41) is 7.40. The number of aromatic nitrogens is 2. The van der Waals surface area contributed by atoms with E-state index in [1.54, 1.807) is 6.92 Å². The summed E-state index contributed by atoms with van der Waals surface area (Å²) >= 11 is 0.941. The van der Waals surface area contributed by atoms with E-state index in [4.69, 9.17) is 0 Å². The van der Waals surface area contributed by atoms with Crippen molar-refractivity contribution in [3.8, 4) is 5.75 Å². The van der Waals surface area contributed by atoms with Crippen molar-refractivity contribution in [3.05, 3.63) is 40.4 Å². The second-order valence-electron chi connectivity index (χ2n) is 4.00. The first-order chi connectivity index (χ1) is 10.3. The number of carbonyl (C=O) groups is 1. The average molecular weight is 330 g/mol. The van der Waals surface area contributed by atoms with Crippen LogP contribution in [0.15, 0.2) is 29.4 Å². The highest BCUT2D eigenvalue weighted by atomic mass is 32.1. The number of hydrazone groups is 1. The van der Waals surface area contributed by atoms with E-state index in [-0.39, 0.29) is 5.75 Å². The third-order valence-electron chi connectivity index (χ3n) is 2.35. The Bertz CT molecular complexity index is 682. The van der Waals surface area contributed by atoms with Crippen molar-refractivity contribution in [2.75, 3.05) is 0 Å². The summed E-state index contributed by atoms with van der Waals surface area (Å²) in [6, 6.07) is 5.04. The lowest BCUT2D eigenvalue weighted by Gasteiger charge is -2.08. The van der Waals surface area contributed by atoms with Crippen LogP contribution in [0.4, 0.5) is 13.2 Å². The molecule has 22 heavy (non-hydrogen) atoms. The van der Waals surface area contributed by atoms with Gasteiger partial charge >= 0.3 is 6.36 Å². The first-order valence-electron chi connectivity index (χ1n) is 5.83. The molecule has 0 aliphatic carbocycles. The fourth-order valence-electron chi connectivity index (χ4n) is 1.41. The van der Waals surface area contributed by atoms with Crippen LogP contribution in [-0.4, -0.2) is 28.1 Å². The summed E-state index contributed by atoms with van der Waals surface area (Å²) in [6.07, 6.45) is -3.44. The number of carbonyl (C=O) groups excluding carboxylic acids is 1. The van der Waals surface area contributed by atoms with Crippen molar-refractivity contribution in [1.82, 2.24) is 15.0 Å². The van der Waals surface area contributed by atoms with Gasteiger partial charge in [-0.25, -0.2) is 5.43 Å². The molecule has 2 aromatic rings. The van der Waals surface area contributed by atoms with Crippen LogP contribution >= 0.6 is 11.5 Å². The van der Waals surface area contributed by atoms with Crippen LogP contribution in [0.25, 0.3) is 0 Å². The molecule has 0 saturated carbocycles. The first kappa shape index (κ1) is 15.9. The maximum absolute atomic E-state index is 12.0. The minimum absolute atomic E-state index is 0.333. The van der Waals surface area contributed by atoms with Crippen molar-refractivity contribution < 1.29 is 22.7 Å². The first-order valence-corrected chi connectivity index (χ1v) is 6.60. The van der Waals surface area contributed by atoms with Gasteiger partial charge in [0, 0.05) is 0 Å². The number of benzene rings is 1. The van der Waals surface area contributed by atoms with E-state index in [1.807, 2.05) is 0 Å². The fourth-order valence-corrected chi connectivity index (χ4v) is 1.96. The topological polar surface area (TPSA) is 76.5 Å². The van der Waals surface area contributed by atoms with Gasteiger partial charge in [-0.2, -0.15) is 5.10 Å². The molecule has 0 radical (unpaired) electrons. The Morgan fingerprint density at radius 1 is 1.36 bits per heavy atom. The zero-order chi connectivity index (χ0) is 16.2. The van der Waals surface area contributed by atoms with E-state index in [1.165, 1.54) is 18.3 Å². The molecule has 6 nitrogen and oxygen atoms in total. The van der Waals surface area contributed by atoms with Gasteiger partial charge in [0.2, 0.25) is 0 Å². The molecular weight excluding hydrogens is 321 g/mol. The van der Waals surface area contributed by atoms with E-state index in [2.05, 4.69) is 24.9 Å². The monoisotopic (exact) mass is 330 g/mol. The summed E-state index contributed by atoms with van der Waals surface area (Å²) in [5.74, 6) is -0.791. The molecule has 1 N–H and O–H groups in total. The lowest BCUT2D eigenvalue weighted by Crippen LogP contribution is -2.17. The molecule has 1 aromatic heterocycles. The van der Waals surface area contributed by atoms with Crippen LogP contribution in [0.1, 0.15) is 20.9 Å². The predicted octanol–water partition coefficient (Wildman–Crippen LogP) is 2.51. The van der Waals surface area contributed by atoms with Crippen LogP contribution in [0.2, 0.25) is 0 Å². The highest BCUT2D eigenvalue weighted by Gasteiger charge is 2.30. The molecule has 0 fully saturated rings. The van der Waals surface area contributed by atoms with Crippen LogP contribution in [0.5, 0.6) is 5.75 Å². The molecule has 0 spiro atoms. The normalized spacial score (nSPS) is 11.6. The standard InChI is InChI=1S/C12H9F3N4O2S/c1-7-10(22-19-17-7)11(20)18-16-6-8-2-4-9(5-3-8)21-12(13,14)15/h2-6H,1H3,(H,18,20). The van der Waals surface area contributed by atoms with Crippen LogP contribution in [0.3, 0.4) is 0 Å². The van der Waals surface area contributed by atoms with Crippen LogP contribution < -0.4 is 10.2 Å². The summed E-state index contributed by atoms with van der Waals surface area (Å²) < 4.78 is 43.3. The third kappa shape index (κ3) is 4.52. The number of aryl methyl sites for hydroxylation is 1. The van der Waals surface area contributed by atoms with Crippen molar-refractivity contribution in [2.45, 2.75) is 13.3 Å². The van der Waals surface area contributed by atoms with Gasteiger partial charge in [-0.05, 0) is 48.3 Å². The molecule has 1 heterocycles.